The minimum Gasteiger partial charge on any atom is -0.711 e. The van der Waals surface area contributed by atoms with E-state index in [9.17, 15) is 5.21 Å². The van der Waals surface area contributed by atoms with Gasteiger partial charge in [0.2, 0.25) is 6.33 Å². The molecule has 0 saturated heterocycles. The third-order valence-electron chi connectivity index (χ3n) is 3.35. The van der Waals surface area contributed by atoms with E-state index >= 15 is 0 Å². The van der Waals surface area contributed by atoms with Gasteiger partial charge in [0.1, 0.15) is 18.9 Å². The molecule has 0 bridgehead atoms. The quantitative estimate of drug-likeness (QED) is 0.407. The molecule has 0 N–H and O–H groups in total. The zero-order valence-electron chi connectivity index (χ0n) is 11.2. The van der Waals surface area contributed by atoms with Crippen LogP contribution >= 0.6 is 0 Å². The van der Waals surface area contributed by atoms with Crippen molar-refractivity contribution in [3.05, 3.63) is 72.0 Å². The maximum Gasteiger partial charge on any atom is 0.247 e. The Morgan fingerprint density at radius 2 is 2.00 bits per heavy atom. The fourth-order valence-electron chi connectivity index (χ4n) is 2.30. The van der Waals surface area contributed by atoms with E-state index in [-0.39, 0.29) is 0 Å². The van der Waals surface area contributed by atoms with Crippen molar-refractivity contribution >= 4 is 16.5 Å². The molecule has 0 aliphatic rings. The van der Waals surface area contributed by atoms with Crippen molar-refractivity contribution in [3.8, 4) is 0 Å². The molecule has 0 unspecified atom stereocenters. The summed E-state index contributed by atoms with van der Waals surface area (Å²) in [5, 5.41) is 13.5. The van der Waals surface area contributed by atoms with Crippen LogP contribution < -0.4 is 4.73 Å². The van der Waals surface area contributed by atoms with E-state index in [4.69, 9.17) is 0 Å². The van der Waals surface area contributed by atoms with Gasteiger partial charge in [-0.05, 0) is 16.8 Å². The second-order valence-corrected chi connectivity index (χ2v) is 4.68. The molecule has 0 atom stereocenters. The van der Waals surface area contributed by atoms with E-state index in [1.54, 1.807) is 13.2 Å². The summed E-state index contributed by atoms with van der Waals surface area (Å²) < 4.78 is 2.61. The molecule has 0 spiro atoms. The fourth-order valence-corrected chi connectivity index (χ4v) is 2.30. The number of imidazole rings is 1. The van der Waals surface area contributed by atoms with Crippen molar-refractivity contribution in [2.75, 3.05) is 7.05 Å². The highest BCUT2D eigenvalue weighted by molar-refractivity contribution is 6.03. The Labute approximate surface area is 117 Å². The van der Waals surface area contributed by atoms with Crippen molar-refractivity contribution in [2.24, 2.45) is 4.99 Å². The molecular formula is C16H15N3O. The molecule has 0 aliphatic carbocycles. The third-order valence-corrected chi connectivity index (χ3v) is 3.35. The second-order valence-electron chi connectivity index (χ2n) is 4.68. The first kappa shape index (κ1) is 12.4. The molecular weight excluding hydrogens is 250 g/mol. The Balaban J connectivity index is 1.95. The number of nitrogens with zero attached hydrogens (tertiary/aromatic N) is 3. The van der Waals surface area contributed by atoms with Crippen LogP contribution in [0.1, 0.15) is 5.56 Å². The summed E-state index contributed by atoms with van der Waals surface area (Å²) in [6, 6.07) is 14.5. The standard InChI is InChI=1S/C16H15N3O/c1-17-16(11-18-8-9-19(20)12-18)15-7-6-13-4-2-3-5-14(13)10-15/h2-10,12H,11H2,1H3. The smallest absolute Gasteiger partial charge is 0.247 e. The summed E-state index contributed by atoms with van der Waals surface area (Å²) in [6.45, 7) is 0.587. The van der Waals surface area contributed by atoms with Crippen LogP contribution in [0.3, 0.4) is 0 Å². The van der Waals surface area contributed by atoms with Gasteiger partial charge in [0, 0.05) is 12.6 Å². The molecule has 2 aromatic carbocycles. The summed E-state index contributed by atoms with van der Waals surface area (Å²) in [5.74, 6) is 0. The van der Waals surface area contributed by atoms with E-state index in [0.717, 1.165) is 16.0 Å². The minimum atomic E-state index is 0.587. The highest BCUT2D eigenvalue weighted by Crippen LogP contribution is 2.16. The van der Waals surface area contributed by atoms with Gasteiger partial charge in [-0.15, -0.1) is 0 Å². The number of fused-ring (bicyclic) bond motifs is 1. The number of aromatic nitrogens is 2. The molecule has 1 aromatic heterocycles. The van der Waals surface area contributed by atoms with E-state index < -0.39 is 0 Å². The Kier molecular flexibility index (Phi) is 3.21. The van der Waals surface area contributed by atoms with E-state index in [2.05, 4.69) is 35.3 Å². The normalized spacial score (nSPS) is 11.9. The Morgan fingerprint density at radius 3 is 2.70 bits per heavy atom. The van der Waals surface area contributed by atoms with Crippen LogP contribution in [0.25, 0.3) is 10.8 Å². The summed E-state index contributed by atoms with van der Waals surface area (Å²) in [4.78, 5) is 4.35. The molecule has 3 rings (SSSR count). The summed E-state index contributed by atoms with van der Waals surface area (Å²) in [5.41, 5.74) is 2.03. The van der Waals surface area contributed by atoms with Crippen LogP contribution in [0.5, 0.6) is 0 Å². The van der Waals surface area contributed by atoms with Gasteiger partial charge in [0.05, 0.1) is 5.71 Å². The lowest BCUT2D eigenvalue weighted by Gasteiger charge is -2.06. The van der Waals surface area contributed by atoms with Crippen LogP contribution in [-0.4, -0.2) is 17.3 Å². The number of rotatable bonds is 3. The lowest BCUT2D eigenvalue weighted by Crippen LogP contribution is -2.22. The van der Waals surface area contributed by atoms with Crippen LogP contribution in [0.2, 0.25) is 0 Å². The predicted molar refractivity (Wildman–Crippen MR) is 79.8 cm³/mol. The molecule has 20 heavy (non-hydrogen) atoms. The molecule has 4 heteroatoms. The van der Waals surface area contributed by atoms with Gasteiger partial charge in [-0.2, -0.15) is 0 Å². The molecule has 100 valence electrons. The Morgan fingerprint density at radius 1 is 1.20 bits per heavy atom. The largest absolute Gasteiger partial charge is 0.711 e. The van der Waals surface area contributed by atoms with Gasteiger partial charge in [0.25, 0.3) is 0 Å². The molecule has 0 fully saturated rings. The first-order chi connectivity index (χ1) is 9.76. The number of hydrogen-bond acceptors (Lipinski definition) is 2. The van der Waals surface area contributed by atoms with Crippen molar-refractivity contribution in [1.29, 1.82) is 0 Å². The number of aliphatic imine (C=N–C) groups is 1. The average molecular weight is 265 g/mol. The molecule has 3 aromatic rings. The summed E-state index contributed by atoms with van der Waals surface area (Å²) in [7, 11) is 1.78. The van der Waals surface area contributed by atoms with Gasteiger partial charge in [-0.25, -0.2) is 9.30 Å². The molecule has 0 amide bonds. The molecule has 4 nitrogen and oxygen atoms in total. The average Bonchev–Trinajstić information content (AvgIpc) is 2.89. The maximum atomic E-state index is 11.1. The topological polar surface area (TPSA) is 44.2 Å². The van der Waals surface area contributed by atoms with Crippen molar-refractivity contribution in [1.82, 2.24) is 4.57 Å². The van der Waals surface area contributed by atoms with E-state index in [1.807, 2.05) is 16.7 Å². The van der Waals surface area contributed by atoms with Gasteiger partial charge >= 0.3 is 0 Å². The predicted octanol–water partition coefficient (Wildman–Crippen LogP) is 2.39. The highest BCUT2D eigenvalue weighted by atomic mass is 16.5. The monoisotopic (exact) mass is 265 g/mol. The SMILES string of the molecule is CN=C(Cn1cc[n+]([O-])c1)c1ccc2ccccc2c1. The minimum absolute atomic E-state index is 0.587. The maximum absolute atomic E-state index is 11.1. The Bertz CT molecular complexity index is 774. The molecule has 0 aliphatic heterocycles. The van der Waals surface area contributed by atoms with Crippen LogP contribution in [0.4, 0.5) is 0 Å². The van der Waals surface area contributed by atoms with Gasteiger partial charge < -0.3 is 5.21 Å². The fraction of sp³-hybridized carbons (Fsp3) is 0.125. The van der Waals surface area contributed by atoms with E-state index in [1.165, 1.54) is 23.3 Å². The molecule has 0 radical (unpaired) electrons. The number of hydrogen-bond donors (Lipinski definition) is 0. The zero-order valence-corrected chi connectivity index (χ0v) is 11.2. The third kappa shape index (κ3) is 2.40. The lowest BCUT2D eigenvalue weighted by molar-refractivity contribution is -0.604. The molecule has 0 saturated carbocycles. The van der Waals surface area contributed by atoms with Crippen molar-refractivity contribution in [3.63, 3.8) is 0 Å². The second kappa shape index (κ2) is 5.17. The van der Waals surface area contributed by atoms with Crippen LogP contribution in [-0.2, 0) is 6.54 Å². The highest BCUT2D eigenvalue weighted by Gasteiger charge is 2.08. The summed E-state index contributed by atoms with van der Waals surface area (Å²) in [6.07, 6.45) is 4.74. The van der Waals surface area contributed by atoms with E-state index in [0.29, 0.717) is 6.54 Å². The first-order valence-corrected chi connectivity index (χ1v) is 6.45. The first-order valence-electron chi connectivity index (χ1n) is 6.45. The van der Waals surface area contributed by atoms with Crippen molar-refractivity contribution < 1.29 is 4.73 Å². The Hall–Kier alpha value is -2.62. The van der Waals surface area contributed by atoms with Crippen molar-refractivity contribution in [2.45, 2.75) is 6.54 Å². The van der Waals surface area contributed by atoms with Crippen LogP contribution in [0, 0.1) is 5.21 Å². The zero-order chi connectivity index (χ0) is 13.9. The summed E-state index contributed by atoms with van der Waals surface area (Å²) >= 11 is 0. The molecule has 1 heterocycles. The lowest BCUT2D eigenvalue weighted by atomic mass is 10.0. The number of benzene rings is 2. The van der Waals surface area contributed by atoms with Gasteiger partial charge in [-0.3, -0.25) is 4.99 Å². The van der Waals surface area contributed by atoms with Crippen LogP contribution in [0.15, 0.2) is 66.2 Å². The van der Waals surface area contributed by atoms with Gasteiger partial charge in [-0.1, -0.05) is 36.4 Å². The van der Waals surface area contributed by atoms with Gasteiger partial charge in [0.15, 0.2) is 0 Å².